The first-order valence-corrected chi connectivity index (χ1v) is 8.87. The SMILES string of the molecule is COC(=O)C1=C(N)Oc2c(c(=O)oc3ccccc23)C1c1cccc(Br)c1. The number of methoxy groups -OCH3 is 1. The van der Waals surface area contributed by atoms with Gasteiger partial charge in [-0.2, -0.15) is 0 Å². The Morgan fingerprint density at radius 3 is 2.70 bits per heavy atom. The van der Waals surface area contributed by atoms with E-state index in [1.54, 1.807) is 30.3 Å². The predicted octanol–water partition coefficient (Wildman–Crippen LogP) is 3.42. The molecule has 0 amide bonds. The minimum absolute atomic E-state index is 0.0608. The first-order valence-electron chi connectivity index (χ1n) is 8.08. The maximum absolute atomic E-state index is 12.8. The van der Waals surface area contributed by atoms with Crippen molar-refractivity contribution >= 4 is 32.9 Å². The van der Waals surface area contributed by atoms with E-state index in [9.17, 15) is 9.59 Å². The lowest BCUT2D eigenvalue weighted by Crippen LogP contribution is -2.30. The number of carbonyl (C=O) groups excluding carboxylic acids is 1. The zero-order valence-corrected chi connectivity index (χ0v) is 15.8. The fourth-order valence-electron chi connectivity index (χ4n) is 3.29. The number of nitrogens with two attached hydrogens (primary N) is 1. The Hall–Kier alpha value is -3.06. The molecule has 0 saturated heterocycles. The van der Waals surface area contributed by atoms with Crippen LogP contribution >= 0.6 is 15.9 Å². The molecule has 27 heavy (non-hydrogen) atoms. The molecular weight excluding hydrogens is 414 g/mol. The Labute approximate surface area is 162 Å². The van der Waals surface area contributed by atoms with Crippen molar-refractivity contribution in [2.75, 3.05) is 7.11 Å². The molecule has 3 aromatic rings. The summed E-state index contributed by atoms with van der Waals surface area (Å²) in [6.07, 6.45) is 0. The summed E-state index contributed by atoms with van der Waals surface area (Å²) in [4.78, 5) is 25.3. The lowest BCUT2D eigenvalue weighted by atomic mass is 9.83. The average Bonchev–Trinajstić information content (AvgIpc) is 2.66. The minimum atomic E-state index is -0.778. The zero-order valence-electron chi connectivity index (χ0n) is 14.2. The van der Waals surface area contributed by atoms with Crippen LogP contribution in [0.3, 0.4) is 0 Å². The van der Waals surface area contributed by atoms with Gasteiger partial charge in [0.05, 0.1) is 24.0 Å². The van der Waals surface area contributed by atoms with Gasteiger partial charge in [-0.05, 0) is 29.8 Å². The van der Waals surface area contributed by atoms with Crippen LogP contribution in [0.15, 0.2) is 73.7 Å². The maximum Gasteiger partial charge on any atom is 0.344 e. The van der Waals surface area contributed by atoms with Crippen LogP contribution in [0.4, 0.5) is 0 Å². The highest BCUT2D eigenvalue weighted by Gasteiger charge is 2.39. The molecule has 7 heteroatoms. The molecule has 2 aromatic carbocycles. The second-order valence-corrected chi connectivity index (χ2v) is 6.90. The fourth-order valence-corrected chi connectivity index (χ4v) is 3.71. The van der Waals surface area contributed by atoms with E-state index in [2.05, 4.69) is 15.9 Å². The van der Waals surface area contributed by atoms with Crippen LogP contribution in [0.5, 0.6) is 5.75 Å². The number of ether oxygens (including phenoxy) is 2. The standard InChI is InChI=1S/C20H14BrNO5/c1-25-19(23)16-14(10-5-4-6-11(21)9-10)15-17(27-18(16)22)12-7-2-3-8-13(12)26-20(15)24/h2-9,14H,22H2,1H3. The van der Waals surface area contributed by atoms with Crippen molar-refractivity contribution < 1.29 is 18.7 Å². The monoisotopic (exact) mass is 427 g/mol. The van der Waals surface area contributed by atoms with E-state index in [1.165, 1.54) is 7.11 Å². The molecule has 0 aliphatic carbocycles. The van der Waals surface area contributed by atoms with Crippen LogP contribution in [-0.2, 0) is 9.53 Å². The smallest absolute Gasteiger partial charge is 0.344 e. The molecule has 6 nitrogen and oxygen atoms in total. The number of rotatable bonds is 2. The summed E-state index contributed by atoms with van der Waals surface area (Å²) in [6, 6.07) is 14.3. The molecule has 136 valence electrons. The van der Waals surface area contributed by atoms with Crippen LogP contribution in [-0.4, -0.2) is 13.1 Å². The number of hydrogen-bond donors (Lipinski definition) is 1. The van der Waals surface area contributed by atoms with E-state index in [0.29, 0.717) is 16.5 Å². The fraction of sp³-hybridized carbons (Fsp3) is 0.100. The zero-order chi connectivity index (χ0) is 19.1. The molecule has 0 spiro atoms. The van der Waals surface area contributed by atoms with Gasteiger partial charge in [-0.25, -0.2) is 9.59 Å². The molecule has 4 rings (SSSR count). The van der Waals surface area contributed by atoms with E-state index >= 15 is 0 Å². The van der Waals surface area contributed by atoms with Crippen molar-refractivity contribution in [2.45, 2.75) is 5.92 Å². The van der Waals surface area contributed by atoms with E-state index in [1.807, 2.05) is 18.2 Å². The highest BCUT2D eigenvalue weighted by Crippen LogP contribution is 2.44. The average molecular weight is 428 g/mol. The third-order valence-corrected chi connectivity index (χ3v) is 4.93. The summed E-state index contributed by atoms with van der Waals surface area (Å²) in [6.45, 7) is 0. The molecule has 1 atom stereocenters. The van der Waals surface area contributed by atoms with Crippen molar-refractivity contribution in [1.29, 1.82) is 0 Å². The van der Waals surface area contributed by atoms with Gasteiger partial charge in [0, 0.05) is 4.47 Å². The number of hydrogen-bond acceptors (Lipinski definition) is 6. The number of halogens is 1. The summed E-state index contributed by atoms with van der Waals surface area (Å²) >= 11 is 3.42. The van der Waals surface area contributed by atoms with Gasteiger partial charge in [0.1, 0.15) is 11.2 Å². The molecule has 0 radical (unpaired) electrons. The molecule has 1 aliphatic rings. The largest absolute Gasteiger partial charge is 0.465 e. The summed E-state index contributed by atoms with van der Waals surface area (Å²) < 4.78 is 16.9. The van der Waals surface area contributed by atoms with Crippen LogP contribution in [0, 0.1) is 0 Å². The molecule has 1 aromatic heterocycles. The minimum Gasteiger partial charge on any atom is -0.465 e. The Kier molecular flexibility index (Phi) is 4.24. The summed E-state index contributed by atoms with van der Waals surface area (Å²) in [5, 5.41) is 0.596. The second kappa shape index (κ2) is 6.59. The molecule has 1 unspecified atom stereocenters. The van der Waals surface area contributed by atoms with Crippen LogP contribution < -0.4 is 16.1 Å². The Bertz CT molecular complexity index is 1160. The summed E-state index contributed by atoms with van der Waals surface area (Å²) in [5.41, 5.74) is 6.82. The molecule has 0 fully saturated rings. The number of benzene rings is 2. The number of para-hydroxylation sites is 1. The second-order valence-electron chi connectivity index (χ2n) is 5.99. The molecule has 2 heterocycles. The summed E-state index contributed by atoms with van der Waals surface area (Å²) in [7, 11) is 1.25. The van der Waals surface area contributed by atoms with Crippen molar-refractivity contribution in [1.82, 2.24) is 0 Å². The Morgan fingerprint density at radius 2 is 1.96 bits per heavy atom. The third-order valence-electron chi connectivity index (χ3n) is 4.44. The Balaban J connectivity index is 2.09. The lowest BCUT2D eigenvalue weighted by Gasteiger charge is -2.27. The van der Waals surface area contributed by atoms with Gasteiger partial charge in [0.15, 0.2) is 5.75 Å². The summed E-state index contributed by atoms with van der Waals surface area (Å²) in [5.74, 6) is -1.26. The van der Waals surface area contributed by atoms with Crippen LogP contribution in [0.1, 0.15) is 17.0 Å². The van der Waals surface area contributed by atoms with Gasteiger partial charge >= 0.3 is 11.6 Å². The first-order chi connectivity index (χ1) is 13.0. The van der Waals surface area contributed by atoms with Gasteiger partial charge < -0.3 is 19.6 Å². The molecule has 0 bridgehead atoms. The maximum atomic E-state index is 12.8. The molecule has 2 N–H and O–H groups in total. The van der Waals surface area contributed by atoms with E-state index in [4.69, 9.17) is 19.6 Å². The number of fused-ring (bicyclic) bond motifs is 3. The van der Waals surface area contributed by atoms with E-state index in [-0.39, 0.29) is 22.8 Å². The highest BCUT2D eigenvalue weighted by molar-refractivity contribution is 9.10. The normalized spacial score (nSPS) is 16.0. The van der Waals surface area contributed by atoms with E-state index < -0.39 is 17.5 Å². The quantitative estimate of drug-likeness (QED) is 0.497. The topological polar surface area (TPSA) is 91.8 Å². The van der Waals surface area contributed by atoms with Gasteiger partial charge in [-0.15, -0.1) is 0 Å². The molecular formula is C20H14BrNO5. The van der Waals surface area contributed by atoms with Crippen molar-refractivity contribution in [3.05, 3.63) is 86.0 Å². The third kappa shape index (κ3) is 2.80. The van der Waals surface area contributed by atoms with Crippen molar-refractivity contribution in [3.63, 3.8) is 0 Å². The van der Waals surface area contributed by atoms with Gasteiger partial charge in [0.2, 0.25) is 5.88 Å². The van der Waals surface area contributed by atoms with Crippen molar-refractivity contribution in [3.8, 4) is 5.75 Å². The van der Waals surface area contributed by atoms with Crippen molar-refractivity contribution in [2.24, 2.45) is 5.73 Å². The van der Waals surface area contributed by atoms with Gasteiger partial charge in [0.25, 0.3) is 0 Å². The number of esters is 1. The van der Waals surface area contributed by atoms with Gasteiger partial charge in [-0.1, -0.05) is 40.2 Å². The number of carbonyl (C=O) groups is 1. The van der Waals surface area contributed by atoms with Crippen LogP contribution in [0.2, 0.25) is 0 Å². The predicted molar refractivity (Wildman–Crippen MR) is 102 cm³/mol. The first kappa shape index (κ1) is 17.4. The molecule has 1 aliphatic heterocycles. The van der Waals surface area contributed by atoms with Crippen LogP contribution in [0.25, 0.3) is 11.0 Å². The Morgan fingerprint density at radius 1 is 1.19 bits per heavy atom. The lowest BCUT2D eigenvalue weighted by molar-refractivity contribution is -0.136. The highest BCUT2D eigenvalue weighted by atomic mass is 79.9. The van der Waals surface area contributed by atoms with Gasteiger partial charge in [-0.3, -0.25) is 0 Å². The van der Waals surface area contributed by atoms with E-state index in [0.717, 1.165) is 4.47 Å². The molecule has 0 saturated carbocycles.